The minimum Gasteiger partial charge on any atom is -0.352 e. The Morgan fingerprint density at radius 2 is 2.03 bits per heavy atom. The normalized spacial score (nSPS) is 20.2. The molecule has 1 aromatic carbocycles. The highest BCUT2D eigenvalue weighted by Gasteiger charge is 2.28. The molecule has 0 radical (unpaired) electrons. The van der Waals surface area contributed by atoms with Gasteiger partial charge in [0.1, 0.15) is 0 Å². The lowest BCUT2D eigenvalue weighted by atomic mass is 9.93. The van der Waals surface area contributed by atoms with Gasteiger partial charge in [-0.2, -0.15) is 0 Å². The third-order valence-corrected chi connectivity index (χ3v) is 6.72. The SMILES string of the molecule is CN=C(NCc1ccc(S(=O)(=O)NC)cc1)N1CCC(C)C(n2ccnc2)C1.I. The Morgan fingerprint density at radius 3 is 2.62 bits per heavy atom. The molecule has 160 valence electrons. The van der Waals surface area contributed by atoms with Gasteiger partial charge in [0.25, 0.3) is 0 Å². The standard InChI is InChI=1S/C19H28N6O2S.HI/c1-15-8-10-24(13-18(15)25-11-9-22-14-25)19(20-2)23-12-16-4-6-17(7-5-16)28(26,27)21-3;/h4-7,9,11,14-15,18,21H,8,10,12-13H2,1-3H3,(H,20,23);1H. The van der Waals surface area contributed by atoms with E-state index in [0.717, 1.165) is 31.0 Å². The van der Waals surface area contributed by atoms with Gasteiger partial charge < -0.3 is 14.8 Å². The van der Waals surface area contributed by atoms with Crippen molar-refractivity contribution in [3.8, 4) is 0 Å². The molecule has 2 aromatic rings. The Balaban J connectivity index is 0.00000300. The molecule has 1 fully saturated rings. The highest BCUT2D eigenvalue weighted by atomic mass is 127. The number of nitrogens with one attached hydrogen (secondary N) is 2. The summed E-state index contributed by atoms with van der Waals surface area (Å²) in [5.74, 6) is 1.43. The zero-order valence-electron chi connectivity index (χ0n) is 16.9. The fourth-order valence-corrected chi connectivity index (χ4v) is 4.24. The van der Waals surface area contributed by atoms with Crippen molar-refractivity contribution in [1.82, 2.24) is 24.5 Å². The number of benzene rings is 1. The number of guanidine groups is 1. The average molecular weight is 532 g/mol. The number of hydrogen-bond acceptors (Lipinski definition) is 4. The van der Waals surface area contributed by atoms with E-state index in [1.807, 2.05) is 30.9 Å². The first-order valence-electron chi connectivity index (χ1n) is 9.40. The summed E-state index contributed by atoms with van der Waals surface area (Å²) in [6.07, 6.45) is 6.79. The first-order valence-corrected chi connectivity index (χ1v) is 10.9. The van der Waals surface area contributed by atoms with E-state index < -0.39 is 10.0 Å². The predicted octanol–water partition coefficient (Wildman–Crippen LogP) is 2.07. The van der Waals surface area contributed by atoms with Crippen molar-refractivity contribution in [2.75, 3.05) is 27.2 Å². The molecule has 3 rings (SSSR count). The van der Waals surface area contributed by atoms with Gasteiger partial charge in [-0.25, -0.2) is 18.1 Å². The van der Waals surface area contributed by atoms with Gasteiger partial charge in [-0.15, -0.1) is 24.0 Å². The zero-order chi connectivity index (χ0) is 20.1. The molecule has 1 saturated heterocycles. The number of piperidine rings is 1. The largest absolute Gasteiger partial charge is 0.352 e. The summed E-state index contributed by atoms with van der Waals surface area (Å²) in [6.45, 7) is 4.68. The summed E-state index contributed by atoms with van der Waals surface area (Å²) in [4.78, 5) is 11.1. The highest BCUT2D eigenvalue weighted by Crippen LogP contribution is 2.27. The van der Waals surface area contributed by atoms with Crippen LogP contribution in [0.5, 0.6) is 0 Å². The molecule has 29 heavy (non-hydrogen) atoms. The fraction of sp³-hybridized carbons (Fsp3) is 0.474. The molecule has 0 aliphatic carbocycles. The monoisotopic (exact) mass is 532 g/mol. The van der Waals surface area contributed by atoms with E-state index >= 15 is 0 Å². The predicted molar refractivity (Wildman–Crippen MR) is 125 cm³/mol. The van der Waals surface area contributed by atoms with E-state index in [0.29, 0.717) is 18.5 Å². The third kappa shape index (κ3) is 5.70. The summed E-state index contributed by atoms with van der Waals surface area (Å²) in [5.41, 5.74) is 0.993. The molecule has 2 atom stereocenters. The quantitative estimate of drug-likeness (QED) is 0.350. The lowest BCUT2D eigenvalue weighted by Gasteiger charge is -2.39. The van der Waals surface area contributed by atoms with Crippen molar-refractivity contribution in [3.05, 3.63) is 48.5 Å². The van der Waals surface area contributed by atoms with Gasteiger partial charge in [0.15, 0.2) is 5.96 Å². The Bertz CT molecular complexity index is 899. The molecular formula is C19H29IN6O2S. The van der Waals surface area contributed by atoms with Crippen molar-refractivity contribution in [2.45, 2.75) is 30.8 Å². The second-order valence-electron chi connectivity index (χ2n) is 7.04. The van der Waals surface area contributed by atoms with E-state index in [9.17, 15) is 8.42 Å². The number of hydrogen-bond donors (Lipinski definition) is 2. The molecule has 0 amide bonds. The van der Waals surface area contributed by atoms with E-state index in [4.69, 9.17) is 0 Å². The molecule has 10 heteroatoms. The van der Waals surface area contributed by atoms with Gasteiger partial charge in [-0.05, 0) is 37.1 Å². The molecule has 2 unspecified atom stereocenters. The molecule has 2 heterocycles. The van der Waals surface area contributed by atoms with Crippen molar-refractivity contribution < 1.29 is 8.42 Å². The van der Waals surface area contributed by atoms with Gasteiger partial charge in [0.2, 0.25) is 10.0 Å². The molecule has 0 spiro atoms. The number of sulfonamides is 1. The Labute approximate surface area is 189 Å². The molecule has 0 bridgehead atoms. The summed E-state index contributed by atoms with van der Waals surface area (Å²) in [6, 6.07) is 7.22. The van der Waals surface area contributed by atoms with E-state index in [1.54, 1.807) is 19.2 Å². The van der Waals surface area contributed by atoms with Crippen molar-refractivity contribution in [2.24, 2.45) is 10.9 Å². The maximum Gasteiger partial charge on any atom is 0.240 e. The Hall–Kier alpha value is -1.66. The average Bonchev–Trinajstić information content (AvgIpc) is 3.24. The van der Waals surface area contributed by atoms with Crippen molar-refractivity contribution >= 4 is 40.0 Å². The van der Waals surface area contributed by atoms with Gasteiger partial charge in [-0.3, -0.25) is 4.99 Å². The van der Waals surface area contributed by atoms with Crippen LogP contribution >= 0.6 is 24.0 Å². The number of imidazole rings is 1. The van der Waals surface area contributed by atoms with Crippen LogP contribution in [0.3, 0.4) is 0 Å². The maximum absolute atomic E-state index is 11.8. The van der Waals surface area contributed by atoms with Crippen LogP contribution in [0.2, 0.25) is 0 Å². The minimum absolute atomic E-state index is 0. The van der Waals surface area contributed by atoms with E-state index in [-0.39, 0.29) is 28.9 Å². The summed E-state index contributed by atoms with van der Waals surface area (Å²) in [5, 5.41) is 3.39. The summed E-state index contributed by atoms with van der Waals surface area (Å²) < 4.78 is 28.1. The second kappa shape index (κ2) is 10.4. The molecule has 8 nitrogen and oxygen atoms in total. The van der Waals surface area contributed by atoms with Gasteiger partial charge >= 0.3 is 0 Å². The maximum atomic E-state index is 11.8. The minimum atomic E-state index is -3.41. The lowest BCUT2D eigenvalue weighted by Crippen LogP contribution is -2.48. The number of rotatable bonds is 5. The van der Waals surface area contributed by atoms with Gasteiger partial charge in [0, 0.05) is 39.1 Å². The fourth-order valence-electron chi connectivity index (χ4n) is 3.51. The third-order valence-electron chi connectivity index (χ3n) is 5.29. The van der Waals surface area contributed by atoms with Gasteiger partial charge in [-0.1, -0.05) is 19.1 Å². The topological polar surface area (TPSA) is 91.6 Å². The molecule has 0 saturated carbocycles. The second-order valence-corrected chi connectivity index (χ2v) is 8.93. The molecular weight excluding hydrogens is 503 g/mol. The number of nitrogens with zero attached hydrogens (tertiary/aromatic N) is 4. The lowest BCUT2D eigenvalue weighted by molar-refractivity contribution is 0.189. The number of aliphatic imine (C=N–C) groups is 1. The zero-order valence-corrected chi connectivity index (χ0v) is 20.1. The van der Waals surface area contributed by atoms with Gasteiger partial charge in [0.05, 0.1) is 17.3 Å². The highest BCUT2D eigenvalue weighted by molar-refractivity contribution is 14.0. The van der Waals surface area contributed by atoms with Crippen LogP contribution in [0.1, 0.15) is 24.9 Å². The van der Waals surface area contributed by atoms with E-state index in [2.05, 4.69) is 36.4 Å². The summed E-state index contributed by atoms with van der Waals surface area (Å²) in [7, 11) is -0.216. The van der Waals surface area contributed by atoms with Crippen LogP contribution in [0, 0.1) is 5.92 Å². The van der Waals surface area contributed by atoms with E-state index in [1.165, 1.54) is 7.05 Å². The molecule has 1 aliphatic rings. The Kier molecular flexibility index (Phi) is 8.46. The number of halogens is 1. The summed E-state index contributed by atoms with van der Waals surface area (Å²) >= 11 is 0. The van der Waals surface area contributed by atoms with Crippen LogP contribution in [0.25, 0.3) is 0 Å². The van der Waals surface area contributed by atoms with Crippen molar-refractivity contribution in [3.63, 3.8) is 0 Å². The molecule has 1 aliphatic heterocycles. The van der Waals surface area contributed by atoms with Crippen LogP contribution in [0.15, 0.2) is 52.9 Å². The first-order chi connectivity index (χ1) is 13.4. The van der Waals surface area contributed by atoms with Crippen LogP contribution < -0.4 is 10.0 Å². The van der Waals surface area contributed by atoms with Crippen LogP contribution in [0.4, 0.5) is 0 Å². The van der Waals surface area contributed by atoms with Crippen LogP contribution in [-0.4, -0.2) is 56.0 Å². The first kappa shape index (κ1) is 23.6. The number of likely N-dealkylation sites (tertiary alicyclic amines) is 1. The molecule has 1 aromatic heterocycles. The Morgan fingerprint density at radius 1 is 1.31 bits per heavy atom. The number of aromatic nitrogens is 2. The van der Waals surface area contributed by atoms with Crippen LogP contribution in [-0.2, 0) is 16.6 Å². The van der Waals surface area contributed by atoms with Crippen molar-refractivity contribution in [1.29, 1.82) is 0 Å². The smallest absolute Gasteiger partial charge is 0.240 e. The molecule has 2 N–H and O–H groups in total.